The summed E-state index contributed by atoms with van der Waals surface area (Å²) in [6, 6.07) is 0.278. The van der Waals surface area contributed by atoms with Crippen molar-refractivity contribution in [2.45, 2.75) is 19.9 Å². The van der Waals surface area contributed by atoms with Crippen molar-refractivity contribution in [3.63, 3.8) is 0 Å². The molecule has 2 N–H and O–H groups in total. The summed E-state index contributed by atoms with van der Waals surface area (Å²) in [4.78, 5) is 10.8. The first-order valence-corrected chi connectivity index (χ1v) is 6.14. The van der Waals surface area contributed by atoms with Gasteiger partial charge in [0, 0.05) is 19.6 Å². The Morgan fingerprint density at radius 3 is 2.94 bits per heavy atom. The van der Waals surface area contributed by atoms with Crippen molar-refractivity contribution in [3.8, 4) is 0 Å². The number of hydrogen-bond donors (Lipinski definition) is 1. The Kier molecular flexibility index (Phi) is 3.07. The fourth-order valence-corrected chi connectivity index (χ4v) is 2.61. The van der Waals surface area contributed by atoms with Crippen LogP contribution in [0.2, 0.25) is 0 Å². The van der Waals surface area contributed by atoms with Crippen molar-refractivity contribution < 1.29 is 0 Å². The van der Waals surface area contributed by atoms with Gasteiger partial charge in [-0.15, -0.1) is 11.3 Å². The average Bonchev–Trinajstić information content (AvgIpc) is 2.69. The highest BCUT2D eigenvalue weighted by Gasteiger charge is 2.15. The second-order valence-corrected chi connectivity index (χ2v) is 4.87. The molecule has 0 aliphatic heterocycles. The molecule has 5 heteroatoms. The molecule has 1 unspecified atom stereocenters. The van der Waals surface area contributed by atoms with Gasteiger partial charge in [-0.25, -0.2) is 9.97 Å². The summed E-state index contributed by atoms with van der Waals surface area (Å²) in [7, 11) is 2.02. The van der Waals surface area contributed by atoms with E-state index in [2.05, 4.69) is 34.1 Å². The number of aromatic nitrogens is 2. The van der Waals surface area contributed by atoms with Crippen LogP contribution in [0.4, 0.5) is 5.82 Å². The first-order chi connectivity index (χ1) is 7.65. The molecule has 0 aliphatic carbocycles. The summed E-state index contributed by atoms with van der Waals surface area (Å²) in [6.07, 6.45) is 1.62. The Morgan fingerprint density at radius 1 is 1.50 bits per heavy atom. The molecule has 0 radical (unpaired) electrons. The van der Waals surface area contributed by atoms with E-state index in [4.69, 9.17) is 5.73 Å². The zero-order chi connectivity index (χ0) is 11.7. The topological polar surface area (TPSA) is 55.0 Å². The normalized spacial score (nSPS) is 13.0. The number of anilines is 1. The van der Waals surface area contributed by atoms with Crippen LogP contribution in [0.25, 0.3) is 10.2 Å². The SMILES string of the molecule is Cc1csc2c(N(C)C(C)CN)ncnc12. The highest BCUT2D eigenvalue weighted by Crippen LogP contribution is 2.30. The number of likely N-dealkylation sites (N-methyl/N-ethyl adjacent to an activating group) is 1. The van der Waals surface area contributed by atoms with Crippen LogP contribution in [-0.4, -0.2) is 29.6 Å². The van der Waals surface area contributed by atoms with E-state index < -0.39 is 0 Å². The second kappa shape index (κ2) is 4.35. The van der Waals surface area contributed by atoms with E-state index in [0.717, 1.165) is 16.0 Å². The van der Waals surface area contributed by atoms with Gasteiger partial charge in [-0.1, -0.05) is 0 Å². The van der Waals surface area contributed by atoms with Gasteiger partial charge in [0.05, 0.1) is 10.2 Å². The number of hydrogen-bond acceptors (Lipinski definition) is 5. The summed E-state index contributed by atoms with van der Waals surface area (Å²) in [5.41, 5.74) is 7.93. The standard InChI is InChI=1S/C11H16N4S/c1-7-5-16-10-9(7)13-6-14-11(10)15(3)8(2)4-12/h5-6,8H,4,12H2,1-3H3. The van der Waals surface area contributed by atoms with Gasteiger partial charge in [-0.2, -0.15) is 0 Å². The molecule has 0 aromatic carbocycles. The van der Waals surface area contributed by atoms with E-state index in [1.807, 2.05) is 7.05 Å². The highest BCUT2D eigenvalue weighted by atomic mass is 32.1. The van der Waals surface area contributed by atoms with Crippen LogP contribution in [0.3, 0.4) is 0 Å². The summed E-state index contributed by atoms with van der Waals surface area (Å²) in [5.74, 6) is 0.973. The van der Waals surface area contributed by atoms with Crippen molar-refractivity contribution >= 4 is 27.4 Å². The molecule has 4 nitrogen and oxygen atoms in total. The number of rotatable bonds is 3. The fraction of sp³-hybridized carbons (Fsp3) is 0.455. The van der Waals surface area contributed by atoms with Gasteiger partial charge in [0.15, 0.2) is 0 Å². The molecule has 0 spiro atoms. The third-order valence-corrected chi connectivity index (χ3v) is 3.93. The quantitative estimate of drug-likeness (QED) is 0.882. The fourth-order valence-electron chi connectivity index (χ4n) is 1.58. The maximum Gasteiger partial charge on any atom is 0.150 e. The zero-order valence-electron chi connectivity index (χ0n) is 9.77. The Balaban J connectivity index is 2.52. The second-order valence-electron chi connectivity index (χ2n) is 3.99. The summed E-state index contributed by atoms with van der Waals surface area (Å²) < 4.78 is 1.14. The minimum absolute atomic E-state index is 0.278. The van der Waals surface area contributed by atoms with E-state index >= 15 is 0 Å². The number of thiophene rings is 1. The molecule has 0 saturated carbocycles. The molecular formula is C11H16N4S. The van der Waals surface area contributed by atoms with E-state index in [9.17, 15) is 0 Å². The van der Waals surface area contributed by atoms with Gasteiger partial charge < -0.3 is 10.6 Å². The molecule has 2 aromatic heterocycles. The lowest BCUT2D eigenvalue weighted by molar-refractivity contribution is 0.689. The number of nitrogens with two attached hydrogens (primary N) is 1. The first-order valence-electron chi connectivity index (χ1n) is 5.26. The monoisotopic (exact) mass is 236 g/mol. The minimum Gasteiger partial charge on any atom is -0.354 e. The van der Waals surface area contributed by atoms with Gasteiger partial charge in [-0.05, 0) is 24.8 Å². The maximum atomic E-state index is 5.68. The van der Waals surface area contributed by atoms with Crippen LogP contribution in [0.5, 0.6) is 0 Å². The van der Waals surface area contributed by atoms with Gasteiger partial charge in [0.25, 0.3) is 0 Å². The lowest BCUT2D eigenvalue weighted by Crippen LogP contribution is -2.35. The van der Waals surface area contributed by atoms with Gasteiger partial charge in [-0.3, -0.25) is 0 Å². The number of aryl methyl sites for hydroxylation is 1. The lowest BCUT2D eigenvalue weighted by Gasteiger charge is -2.24. The largest absolute Gasteiger partial charge is 0.354 e. The van der Waals surface area contributed by atoms with Crippen LogP contribution in [0.1, 0.15) is 12.5 Å². The Labute approximate surface area is 99.1 Å². The maximum absolute atomic E-state index is 5.68. The van der Waals surface area contributed by atoms with Crippen LogP contribution in [0, 0.1) is 6.92 Å². The van der Waals surface area contributed by atoms with Crippen LogP contribution in [0.15, 0.2) is 11.7 Å². The summed E-state index contributed by atoms with van der Waals surface area (Å²) in [6.45, 7) is 4.78. The van der Waals surface area contributed by atoms with Gasteiger partial charge in [0.1, 0.15) is 12.1 Å². The summed E-state index contributed by atoms with van der Waals surface area (Å²) >= 11 is 1.69. The zero-order valence-corrected chi connectivity index (χ0v) is 10.6. The molecule has 0 aliphatic rings. The molecule has 0 bridgehead atoms. The highest BCUT2D eigenvalue weighted by molar-refractivity contribution is 7.18. The molecule has 2 rings (SSSR count). The predicted molar refractivity (Wildman–Crippen MR) is 69.1 cm³/mol. The Hall–Kier alpha value is -1.20. The number of fused-ring (bicyclic) bond motifs is 1. The van der Waals surface area contributed by atoms with E-state index in [-0.39, 0.29) is 6.04 Å². The molecule has 0 saturated heterocycles. The molecule has 16 heavy (non-hydrogen) atoms. The third-order valence-electron chi connectivity index (χ3n) is 2.85. The van der Waals surface area contributed by atoms with Crippen molar-refractivity contribution in [2.24, 2.45) is 5.73 Å². The number of nitrogens with zero attached hydrogens (tertiary/aromatic N) is 3. The molecule has 1 atom stereocenters. The van der Waals surface area contributed by atoms with Crippen LogP contribution in [-0.2, 0) is 0 Å². The molecule has 2 heterocycles. The Bertz CT molecular complexity index is 494. The van der Waals surface area contributed by atoms with Crippen molar-refractivity contribution in [3.05, 3.63) is 17.3 Å². The van der Waals surface area contributed by atoms with Crippen LogP contribution < -0.4 is 10.6 Å². The molecular weight excluding hydrogens is 220 g/mol. The predicted octanol–water partition coefficient (Wildman–Crippen LogP) is 1.78. The van der Waals surface area contributed by atoms with Gasteiger partial charge >= 0.3 is 0 Å². The molecule has 2 aromatic rings. The third kappa shape index (κ3) is 1.76. The lowest BCUT2D eigenvalue weighted by atomic mass is 10.2. The van der Waals surface area contributed by atoms with Gasteiger partial charge in [0.2, 0.25) is 0 Å². The smallest absolute Gasteiger partial charge is 0.150 e. The van der Waals surface area contributed by atoms with Crippen molar-refractivity contribution in [1.82, 2.24) is 9.97 Å². The van der Waals surface area contributed by atoms with Crippen molar-refractivity contribution in [2.75, 3.05) is 18.5 Å². The van der Waals surface area contributed by atoms with Crippen LogP contribution >= 0.6 is 11.3 Å². The molecule has 0 fully saturated rings. The molecule has 0 amide bonds. The Morgan fingerprint density at radius 2 is 2.25 bits per heavy atom. The summed E-state index contributed by atoms with van der Waals surface area (Å²) in [5, 5.41) is 2.11. The first kappa shape index (κ1) is 11.3. The van der Waals surface area contributed by atoms with Crippen molar-refractivity contribution in [1.29, 1.82) is 0 Å². The van der Waals surface area contributed by atoms with E-state index in [1.165, 1.54) is 5.56 Å². The average molecular weight is 236 g/mol. The van der Waals surface area contributed by atoms with E-state index in [1.54, 1.807) is 17.7 Å². The molecule has 86 valence electrons. The van der Waals surface area contributed by atoms with E-state index in [0.29, 0.717) is 6.54 Å². The minimum atomic E-state index is 0.278.